The Kier molecular flexibility index (Phi) is 5.15. The molecule has 0 saturated carbocycles. The number of halogens is 3. The van der Waals surface area contributed by atoms with Crippen molar-refractivity contribution in [2.75, 3.05) is 19.0 Å². The number of aromatic nitrogens is 3. The highest BCUT2D eigenvalue weighted by molar-refractivity contribution is 5.96. The quantitative estimate of drug-likeness (QED) is 0.456. The second-order valence-electron chi connectivity index (χ2n) is 6.47. The number of nitrogens with one attached hydrogen (secondary N) is 1. The summed E-state index contributed by atoms with van der Waals surface area (Å²) in [5, 5.41) is 2.92. The minimum Gasteiger partial charge on any atom is -0.423 e. The van der Waals surface area contributed by atoms with Crippen LogP contribution in [0.25, 0.3) is 22.1 Å². The maximum absolute atomic E-state index is 12.4. The first-order chi connectivity index (χ1) is 14.7. The standard InChI is InChI=1S/C19H16F3N5O4/c1-29-7-6-27-14-5-2-10(16(23)28)8-13(14)24-17(27)26-18-25-12-4-3-11(9-15(12)30-18)31-19(20,21)22/h2-5,8-9H,6-7H2,1H3,(H2,23,28)(H,24,25,26). The maximum Gasteiger partial charge on any atom is 0.573 e. The average molecular weight is 435 g/mol. The summed E-state index contributed by atoms with van der Waals surface area (Å²) in [4.78, 5) is 20.1. The zero-order valence-corrected chi connectivity index (χ0v) is 16.1. The van der Waals surface area contributed by atoms with Crippen molar-refractivity contribution in [3.05, 3.63) is 42.0 Å². The zero-order valence-electron chi connectivity index (χ0n) is 16.1. The summed E-state index contributed by atoms with van der Waals surface area (Å²) >= 11 is 0. The Hall–Kier alpha value is -3.80. The van der Waals surface area contributed by atoms with Crippen LogP contribution in [0.3, 0.4) is 0 Å². The van der Waals surface area contributed by atoms with E-state index >= 15 is 0 Å². The summed E-state index contributed by atoms with van der Waals surface area (Å²) in [5.41, 5.74) is 7.27. The molecule has 0 atom stereocenters. The Morgan fingerprint density at radius 1 is 1.19 bits per heavy atom. The van der Waals surface area contributed by atoms with Gasteiger partial charge in [-0.15, -0.1) is 13.2 Å². The summed E-state index contributed by atoms with van der Waals surface area (Å²) < 4.78 is 53.6. The number of fused-ring (bicyclic) bond motifs is 2. The lowest BCUT2D eigenvalue weighted by molar-refractivity contribution is -0.274. The first-order valence-corrected chi connectivity index (χ1v) is 8.96. The van der Waals surface area contributed by atoms with Gasteiger partial charge >= 0.3 is 12.4 Å². The number of hydrogen-bond donors (Lipinski definition) is 2. The van der Waals surface area contributed by atoms with Gasteiger partial charge in [-0.1, -0.05) is 0 Å². The average Bonchev–Trinajstić information content (AvgIpc) is 3.24. The molecular formula is C19H16F3N5O4. The van der Waals surface area contributed by atoms with E-state index in [1.54, 1.807) is 29.9 Å². The van der Waals surface area contributed by atoms with Crippen molar-refractivity contribution in [1.29, 1.82) is 0 Å². The second kappa shape index (κ2) is 7.80. The van der Waals surface area contributed by atoms with E-state index < -0.39 is 18.0 Å². The summed E-state index contributed by atoms with van der Waals surface area (Å²) in [6, 6.07) is 8.44. The highest BCUT2D eigenvalue weighted by atomic mass is 19.4. The Morgan fingerprint density at radius 2 is 2.00 bits per heavy atom. The summed E-state index contributed by atoms with van der Waals surface area (Å²) in [6.07, 6.45) is -4.81. The number of anilines is 2. The smallest absolute Gasteiger partial charge is 0.423 e. The number of ether oxygens (including phenoxy) is 2. The van der Waals surface area contributed by atoms with Gasteiger partial charge in [0.05, 0.1) is 17.6 Å². The molecule has 4 rings (SSSR count). The second-order valence-corrected chi connectivity index (χ2v) is 6.47. The van der Waals surface area contributed by atoms with Crippen LogP contribution in [0.2, 0.25) is 0 Å². The van der Waals surface area contributed by atoms with Crippen molar-refractivity contribution in [2.24, 2.45) is 5.73 Å². The molecule has 0 fully saturated rings. The monoisotopic (exact) mass is 435 g/mol. The summed E-state index contributed by atoms with van der Waals surface area (Å²) in [5.74, 6) is -0.667. The largest absolute Gasteiger partial charge is 0.573 e. The number of methoxy groups -OCH3 is 1. The van der Waals surface area contributed by atoms with Gasteiger partial charge in [-0.05, 0) is 30.3 Å². The number of oxazole rings is 1. The number of primary amides is 1. The van der Waals surface area contributed by atoms with Crippen LogP contribution in [0.5, 0.6) is 5.75 Å². The maximum atomic E-state index is 12.4. The Labute approximate surface area is 172 Å². The number of alkyl halides is 3. The molecule has 162 valence electrons. The molecule has 9 nitrogen and oxygen atoms in total. The fourth-order valence-electron chi connectivity index (χ4n) is 3.04. The van der Waals surface area contributed by atoms with Crippen LogP contribution >= 0.6 is 0 Å². The van der Waals surface area contributed by atoms with Gasteiger partial charge in [-0.3, -0.25) is 10.1 Å². The van der Waals surface area contributed by atoms with Crippen LogP contribution < -0.4 is 15.8 Å². The molecule has 2 aromatic carbocycles. The molecule has 0 bridgehead atoms. The van der Waals surface area contributed by atoms with Crippen molar-refractivity contribution < 1.29 is 31.9 Å². The van der Waals surface area contributed by atoms with E-state index in [4.69, 9.17) is 14.9 Å². The molecule has 0 radical (unpaired) electrons. The molecule has 0 unspecified atom stereocenters. The van der Waals surface area contributed by atoms with E-state index in [0.29, 0.717) is 41.2 Å². The fourth-order valence-corrected chi connectivity index (χ4v) is 3.04. The lowest BCUT2D eigenvalue weighted by Crippen LogP contribution is -2.16. The molecule has 3 N–H and O–H groups in total. The van der Waals surface area contributed by atoms with Crippen molar-refractivity contribution in [1.82, 2.24) is 14.5 Å². The minimum atomic E-state index is -4.81. The highest BCUT2D eigenvalue weighted by Crippen LogP contribution is 2.30. The molecule has 1 amide bonds. The van der Waals surface area contributed by atoms with Gasteiger partial charge in [0.25, 0.3) is 0 Å². The molecule has 0 saturated heterocycles. The van der Waals surface area contributed by atoms with Gasteiger partial charge in [-0.25, -0.2) is 4.98 Å². The van der Waals surface area contributed by atoms with E-state index in [0.717, 1.165) is 12.1 Å². The Morgan fingerprint density at radius 3 is 2.71 bits per heavy atom. The SMILES string of the molecule is COCCn1c(Nc2nc3ccc(OC(F)(F)F)cc3o2)nc2cc(C(N)=O)ccc21. The topological polar surface area (TPSA) is 117 Å². The first kappa shape index (κ1) is 20.5. The van der Waals surface area contributed by atoms with E-state index in [9.17, 15) is 18.0 Å². The predicted molar refractivity (Wildman–Crippen MR) is 104 cm³/mol. The number of imidazole rings is 1. The lowest BCUT2D eigenvalue weighted by Gasteiger charge is -2.08. The molecular weight excluding hydrogens is 419 g/mol. The number of rotatable bonds is 7. The van der Waals surface area contributed by atoms with Gasteiger partial charge in [0, 0.05) is 25.3 Å². The molecule has 0 aliphatic heterocycles. The Bertz CT molecular complexity index is 1260. The van der Waals surface area contributed by atoms with Crippen molar-refractivity contribution in [3.8, 4) is 5.75 Å². The van der Waals surface area contributed by atoms with Crippen LogP contribution in [-0.2, 0) is 11.3 Å². The van der Waals surface area contributed by atoms with Gasteiger partial charge in [0.15, 0.2) is 5.58 Å². The zero-order chi connectivity index (χ0) is 22.2. The first-order valence-electron chi connectivity index (χ1n) is 8.96. The van der Waals surface area contributed by atoms with Crippen molar-refractivity contribution in [3.63, 3.8) is 0 Å². The van der Waals surface area contributed by atoms with E-state index in [1.807, 2.05) is 0 Å². The highest BCUT2D eigenvalue weighted by Gasteiger charge is 2.31. The third kappa shape index (κ3) is 4.38. The van der Waals surface area contributed by atoms with Crippen LogP contribution in [0.4, 0.5) is 25.1 Å². The van der Waals surface area contributed by atoms with Gasteiger partial charge in [-0.2, -0.15) is 4.98 Å². The lowest BCUT2D eigenvalue weighted by atomic mass is 10.2. The van der Waals surface area contributed by atoms with Gasteiger partial charge in [0.1, 0.15) is 11.3 Å². The van der Waals surface area contributed by atoms with Crippen LogP contribution in [0.1, 0.15) is 10.4 Å². The normalized spacial score (nSPS) is 11.9. The number of carbonyl (C=O) groups excluding carboxylic acids is 1. The molecule has 0 spiro atoms. The van der Waals surface area contributed by atoms with E-state index in [-0.39, 0.29) is 11.6 Å². The Balaban J connectivity index is 1.69. The molecule has 2 aromatic heterocycles. The van der Waals surface area contributed by atoms with Gasteiger partial charge in [0.2, 0.25) is 11.9 Å². The van der Waals surface area contributed by atoms with Crippen LogP contribution in [0, 0.1) is 0 Å². The summed E-state index contributed by atoms with van der Waals surface area (Å²) in [7, 11) is 1.55. The number of nitrogens with zero attached hydrogens (tertiary/aromatic N) is 3. The van der Waals surface area contributed by atoms with E-state index in [2.05, 4.69) is 20.0 Å². The van der Waals surface area contributed by atoms with Crippen LogP contribution in [-0.4, -0.2) is 40.5 Å². The van der Waals surface area contributed by atoms with Crippen molar-refractivity contribution in [2.45, 2.75) is 12.9 Å². The molecule has 12 heteroatoms. The number of hydrogen-bond acceptors (Lipinski definition) is 7. The molecule has 2 heterocycles. The third-order valence-corrected chi connectivity index (χ3v) is 4.36. The minimum absolute atomic E-state index is 0.0169. The van der Waals surface area contributed by atoms with Gasteiger partial charge < -0.3 is 24.2 Å². The number of carbonyl (C=O) groups is 1. The number of benzene rings is 2. The van der Waals surface area contributed by atoms with Crippen molar-refractivity contribution >= 4 is 40.0 Å². The molecule has 4 aromatic rings. The number of amides is 1. The predicted octanol–water partition coefficient (Wildman–Crippen LogP) is 3.57. The van der Waals surface area contributed by atoms with E-state index in [1.165, 1.54) is 6.07 Å². The molecule has 0 aliphatic carbocycles. The molecule has 31 heavy (non-hydrogen) atoms. The number of nitrogens with two attached hydrogens (primary N) is 1. The fraction of sp³-hybridized carbons (Fsp3) is 0.211. The third-order valence-electron chi connectivity index (χ3n) is 4.36. The summed E-state index contributed by atoms with van der Waals surface area (Å²) in [6.45, 7) is 0.804. The van der Waals surface area contributed by atoms with Crippen LogP contribution in [0.15, 0.2) is 40.8 Å². The molecule has 0 aliphatic rings.